The van der Waals surface area contributed by atoms with Gasteiger partial charge in [0.15, 0.2) is 0 Å². The number of aliphatic carboxylic acids is 1. The average molecular weight is 323 g/mol. The molecule has 1 aromatic heterocycles. The summed E-state index contributed by atoms with van der Waals surface area (Å²) in [6.07, 6.45) is 1.71. The maximum atomic E-state index is 12.5. The molecule has 0 radical (unpaired) electrons. The fourth-order valence-electron chi connectivity index (χ4n) is 3.28. The van der Waals surface area contributed by atoms with Crippen molar-refractivity contribution in [3.05, 3.63) is 11.8 Å². The molecule has 1 amide bonds. The number of hydrogen-bond acceptors (Lipinski definition) is 6. The van der Waals surface area contributed by atoms with Crippen molar-refractivity contribution in [2.24, 2.45) is 11.8 Å². The number of H-pyrrole nitrogens is 1. The lowest BCUT2D eigenvalue weighted by Gasteiger charge is -2.23. The fourth-order valence-corrected chi connectivity index (χ4v) is 3.28. The van der Waals surface area contributed by atoms with Gasteiger partial charge in [0.25, 0.3) is 0 Å². The number of carbonyl (C=O) groups is 3. The molecule has 0 aliphatic carbocycles. The van der Waals surface area contributed by atoms with Crippen LogP contribution in [0.4, 0.5) is 5.82 Å². The van der Waals surface area contributed by atoms with E-state index in [4.69, 9.17) is 9.47 Å². The smallest absolute Gasteiger partial charge is 0.343 e. The molecular formula is C14H17N3O6. The molecule has 3 rings (SSSR count). The maximum absolute atomic E-state index is 12.5. The number of rotatable bonds is 5. The molecule has 2 saturated heterocycles. The van der Waals surface area contributed by atoms with Crippen molar-refractivity contribution in [3.63, 3.8) is 0 Å². The Bertz CT molecular complexity index is 642. The van der Waals surface area contributed by atoms with Gasteiger partial charge in [0.1, 0.15) is 11.4 Å². The Labute approximate surface area is 131 Å². The number of amides is 1. The van der Waals surface area contributed by atoms with Crippen LogP contribution < -0.4 is 5.32 Å². The van der Waals surface area contributed by atoms with Gasteiger partial charge < -0.3 is 19.9 Å². The highest BCUT2D eigenvalue weighted by atomic mass is 16.5. The molecule has 4 unspecified atom stereocenters. The Balaban J connectivity index is 1.76. The molecule has 2 fully saturated rings. The highest BCUT2D eigenvalue weighted by molar-refractivity contribution is 6.01. The maximum Gasteiger partial charge on any atom is 0.343 e. The zero-order valence-electron chi connectivity index (χ0n) is 12.4. The highest BCUT2D eigenvalue weighted by Crippen LogP contribution is 2.44. The van der Waals surface area contributed by atoms with Crippen LogP contribution in [-0.4, -0.2) is 52.0 Å². The van der Waals surface area contributed by atoms with E-state index < -0.39 is 41.9 Å². The predicted molar refractivity (Wildman–Crippen MR) is 75.7 cm³/mol. The predicted octanol–water partition coefficient (Wildman–Crippen LogP) is 0.403. The molecule has 0 saturated carbocycles. The number of aromatic amines is 1. The van der Waals surface area contributed by atoms with E-state index in [0.717, 1.165) is 0 Å². The number of aromatic nitrogens is 2. The van der Waals surface area contributed by atoms with E-state index in [9.17, 15) is 19.5 Å². The van der Waals surface area contributed by atoms with Crippen molar-refractivity contribution < 1.29 is 29.0 Å². The standard InChI is InChI=1S/C14H17N3O6/c1-2-22-14(21)6-5-15-17-11(6)16-12(18)9-7-3-4-8(23-7)10(9)13(19)20/h5,7-10H,2-4H2,1H3,(H,19,20)(H2,15,16,17,18). The van der Waals surface area contributed by atoms with Crippen molar-refractivity contribution in [1.29, 1.82) is 0 Å². The third kappa shape index (κ3) is 2.67. The van der Waals surface area contributed by atoms with Gasteiger partial charge in [0.05, 0.1) is 36.8 Å². The van der Waals surface area contributed by atoms with E-state index in [-0.39, 0.29) is 18.0 Å². The number of carboxylic acids is 1. The van der Waals surface area contributed by atoms with Crippen LogP contribution in [0.15, 0.2) is 6.20 Å². The lowest BCUT2D eigenvalue weighted by atomic mass is 9.78. The van der Waals surface area contributed by atoms with Crippen LogP contribution in [0.1, 0.15) is 30.1 Å². The van der Waals surface area contributed by atoms with Gasteiger partial charge >= 0.3 is 11.9 Å². The first-order valence-corrected chi connectivity index (χ1v) is 7.42. The van der Waals surface area contributed by atoms with Gasteiger partial charge in [-0.15, -0.1) is 0 Å². The summed E-state index contributed by atoms with van der Waals surface area (Å²) in [7, 11) is 0. The summed E-state index contributed by atoms with van der Waals surface area (Å²) in [6, 6.07) is 0. The lowest BCUT2D eigenvalue weighted by molar-refractivity contribution is -0.147. The van der Waals surface area contributed by atoms with Crippen molar-refractivity contribution in [3.8, 4) is 0 Å². The Kier molecular flexibility index (Phi) is 4.03. The van der Waals surface area contributed by atoms with Crippen LogP contribution in [0.5, 0.6) is 0 Å². The number of anilines is 1. The molecule has 2 aliphatic heterocycles. The SMILES string of the molecule is CCOC(=O)c1cn[nH]c1NC(=O)C1C2CCC(O2)C1C(=O)O. The zero-order chi connectivity index (χ0) is 16.6. The number of nitrogens with one attached hydrogen (secondary N) is 2. The quantitative estimate of drug-likeness (QED) is 0.669. The second-order valence-electron chi connectivity index (χ2n) is 5.55. The summed E-state index contributed by atoms with van der Waals surface area (Å²) in [5.74, 6) is -3.73. The number of hydrogen-bond donors (Lipinski definition) is 3. The minimum absolute atomic E-state index is 0.0937. The van der Waals surface area contributed by atoms with E-state index in [1.54, 1.807) is 6.92 Å². The van der Waals surface area contributed by atoms with Crippen LogP contribution in [0.2, 0.25) is 0 Å². The summed E-state index contributed by atoms with van der Waals surface area (Å²) >= 11 is 0. The van der Waals surface area contributed by atoms with Crippen molar-refractivity contribution in [1.82, 2.24) is 10.2 Å². The van der Waals surface area contributed by atoms with Gasteiger partial charge in [-0.1, -0.05) is 0 Å². The van der Waals surface area contributed by atoms with Gasteiger partial charge in [-0.2, -0.15) is 5.10 Å². The van der Waals surface area contributed by atoms with Crippen LogP contribution in [0.3, 0.4) is 0 Å². The van der Waals surface area contributed by atoms with E-state index in [1.807, 2.05) is 0 Å². The van der Waals surface area contributed by atoms with Crippen LogP contribution >= 0.6 is 0 Å². The molecule has 4 atom stereocenters. The summed E-state index contributed by atoms with van der Waals surface area (Å²) in [5, 5.41) is 18.1. The number of ether oxygens (including phenoxy) is 2. The van der Waals surface area contributed by atoms with Crippen LogP contribution in [0.25, 0.3) is 0 Å². The molecule has 1 aromatic rings. The molecule has 23 heavy (non-hydrogen) atoms. The topological polar surface area (TPSA) is 131 Å². The average Bonchev–Trinajstić information content (AvgIpc) is 3.21. The van der Waals surface area contributed by atoms with E-state index >= 15 is 0 Å². The zero-order valence-corrected chi connectivity index (χ0v) is 12.4. The van der Waals surface area contributed by atoms with Gasteiger partial charge in [0.2, 0.25) is 5.91 Å². The number of nitrogens with zero attached hydrogens (tertiary/aromatic N) is 1. The third-order valence-electron chi connectivity index (χ3n) is 4.24. The summed E-state index contributed by atoms with van der Waals surface area (Å²) in [6.45, 7) is 1.86. The molecular weight excluding hydrogens is 306 g/mol. The number of carboxylic acid groups (broad SMARTS) is 1. The van der Waals surface area contributed by atoms with Crippen LogP contribution in [-0.2, 0) is 19.1 Å². The van der Waals surface area contributed by atoms with Crippen molar-refractivity contribution in [2.45, 2.75) is 32.0 Å². The van der Waals surface area contributed by atoms with Crippen molar-refractivity contribution >= 4 is 23.7 Å². The van der Waals surface area contributed by atoms with Gasteiger partial charge in [0, 0.05) is 0 Å². The first kappa shape index (κ1) is 15.5. The fraction of sp³-hybridized carbons (Fsp3) is 0.571. The number of carbonyl (C=O) groups excluding carboxylic acids is 2. The van der Waals surface area contributed by atoms with Gasteiger partial charge in [-0.05, 0) is 19.8 Å². The number of fused-ring (bicyclic) bond motifs is 2. The molecule has 3 heterocycles. The van der Waals surface area contributed by atoms with E-state index in [2.05, 4.69) is 15.5 Å². The molecule has 2 bridgehead atoms. The molecule has 0 spiro atoms. The van der Waals surface area contributed by atoms with Gasteiger partial charge in [-0.3, -0.25) is 14.7 Å². The Hall–Kier alpha value is -2.42. The molecule has 124 valence electrons. The first-order valence-electron chi connectivity index (χ1n) is 7.42. The summed E-state index contributed by atoms with van der Waals surface area (Å²) < 4.78 is 10.4. The third-order valence-corrected chi connectivity index (χ3v) is 4.24. The Morgan fingerprint density at radius 2 is 2.09 bits per heavy atom. The summed E-state index contributed by atoms with van der Waals surface area (Å²) in [4.78, 5) is 35.7. The van der Waals surface area contributed by atoms with E-state index in [1.165, 1.54) is 6.20 Å². The molecule has 0 aromatic carbocycles. The molecule has 9 heteroatoms. The Morgan fingerprint density at radius 3 is 2.74 bits per heavy atom. The summed E-state index contributed by atoms with van der Waals surface area (Å²) in [5.41, 5.74) is 0.0937. The first-order chi connectivity index (χ1) is 11.0. The monoisotopic (exact) mass is 323 g/mol. The Morgan fingerprint density at radius 1 is 1.39 bits per heavy atom. The molecule has 2 aliphatic rings. The normalized spacial score (nSPS) is 28.6. The van der Waals surface area contributed by atoms with E-state index in [0.29, 0.717) is 12.8 Å². The second-order valence-corrected chi connectivity index (χ2v) is 5.55. The minimum atomic E-state index is -1.05. The minimum Gasteiger partial charge on any atom is -0.481 e. The molecule has 9 nitrogen and oxygen atoms in total. The highest BCUT2D eigenvalue weighted by Gasteiger charge is 2.55. The number of esters is 1. The van der Waals surface area contributed by atoms with Crippen molar-refractivity contribution in [2.75, 3.05) is 11.9 Å². The molecule has 3 N–H and O–H groups in total. The van der Waals surface area contributed by atoms with Gasteiger partial charge in [-0.25, -0.2) is 4.79 Å². The lowest BCUT2D eigenvalue weighted by Crippen LogP contribution is -2.41. The largest absolute Gasteiger partial charge is 0.481 e. The second kappa shape index (κ2) is 5.99. The van der Waals surface area contributed by atoms with Crippen LogP contribution in [0, 0.1) is 11.8 Å².